The molecule has 1 aromatic carbocycles. The van der Waals surface area contributed by atoms with Crippen molar-refractivity contribution in [2.75, 3.05) is 6.61 Å². The molecule has 0 saturated heterocycles. The van der Waals surface area contributed by atoms with Crippen LogP contribution in [0.3, 0.4) is 0 Å². The minimum atomic E-state index is 0.886. The highest BCUT2D eigenvalue weighted by molar-refractivity contribution is 5.44. The average molecular weight is 162 g/mol. The maximum absolute atomic E-state index is 5.61. The van der Waals surface area contributed by atoms with Crippen molar-refractivity contribution >= 4 is 0 Å². The Bertz CT molecular complexity index is 302. The second-order valence-corrected chi connectivity index (χ2v) is 3.52. The van der Waals surface area contributed by atoms with Crippen molar-refractivity contribution in [2.24, 2.45) is 0 Å². The van der Waals surface area contributed by atoms with Crippen molar-refractivity contribution in [1.82, 2.24) is 0 Å². The van der Waals surface area contributed by atoms with Gasteiger partial charge < -0.3 is 4.74 Å². The molecule has 12 heavy (non-hydrogen) atoms. The summed E-state index contributed by atoms with van der Waals surface area (Å²) < 4.78 is 5.61. The van der Waals surface area contributed by atoms with Crippen LogP contribution in [0.15, 0.2) is 12.1 Å². The molecule has 0 aliphatic carbocycles. The minimum Gasteiger partial charge on any atom is -0.493 e. The summed E-state index contributed by atoms with van der Waals surface area (Å²) in [6.07, 6.45) is 2.34. The fourth-order valence-electron chi connectivity index (χ4n) is 1.87. The Labute approximate surface area is 73.4 Å². The first-order chi connectivity index (χ1) is 5.77. The normalized spacial score (nSPS) is 15.2. The van der Waals surface area contributed by atoms with Gasteiger partial charge in [-0.2, -0.15) is 0 Å². The van der Waals surface area contributed by atoms with Gasteiger partial charge in [-0.05, 0) is 37.8 Å². The lowest BCUT2D eigenvalue weighted by Gasteiger charge is -2.19. The summed E-state index contributed by atoms with van der Waals surface area (Å²) in [7, 11) is 0. The van der Waals surface area contributed by atoms with Crippen molar-refractivity contribution in [2.45, 2.75) is 26.7 Å². The summed E-state index contributed by atoms with van der Waals surface area (Å²) in [5.74, 6) is 1.13. The molecule has 0 saturated carbocycles. The van der Waals surface area contributed by atoms with Crippen LogP contribution >= 0.6 is 0 Å². The number of hydrogen-bond acceptors (Lipinski definition) is 1. The van der Waals surface area contributed by atoms with Gasteiger partial charge in [0.15, 0.2) is 0 Å². The quantitative estimate of drug-likeness (QED) is 0.569. The van der Waals surface area contributed by atoms with Gasteiger partial charge >= 0.3 is 0 Å². The zero-order chi connectivity index (χ0) is 8.55. The molecule has 1 nitrogen and oxygen atoms in total. The van der Waals surface area contributed by atoms with Gasteiger partial charge in [0, 0.05) is 0 Å². The second kappa shape index (κ2) is 2.81. The van der Waals surface area contributed by atoms with Gasteiger partial charge in [-0.15, -0.1) is 0 Å². The van der Waals surface area contributed by atoms with Crippen molar-refractivity contribution in [3.63, 3.8) is 0 Å². The molecule has 0 spiro atoms. The molecule has 1 aliphatic rings. The summed E-state index contributed by atoms with van der Waals surface area (Å²) in [6, 6.07) is 4.42. The smallest absolute Gasteiger partial charge is 0.125 e. The number of aryl methyl sites for hydroxylation is 3. The standard InChI is InChI=1S/C11H14O/c1-8-6-9(2)11-10(7-8)4-3-5-12-11/h6-7H,3-5H2,1-2H3. The van der Waals surface area contributed by atoms with Crippen LogP contribution in [0.25, 0.3) is 0 Å². The molecule has 0 amide bonds. The van der Waals surface area contributed by atoms with Crippen LogP contribution in [0, 0.1) is 13.8 Å². The Morgan fingerprint density at radius 1 is 1.25 bits per heavy atom. The van der Waals surface area contributed by atoms with Crippen LogP contribution in [-0.4, -0.2) is 6.61 Å². The lowest BCUT2D eigenvalue weighted by molar-refractivity contribution is 0.286. The molecule has 0 bridgehead atoms. The van der Waals surface area contributed by atoms with Crippen molar-refractivity contribution in [3.05, 3.63) is 28.8 Å². The van der Waals surface area contributed by atoms with Gasteiger partial charge in [0.25, 0.3) is 0 Å². The molecule has 1 heterocycles. The van der Waals surface area contributed by atoms with Gasteiger partial charge in [0.2, 0.25) is 0 Å². The van der Waals surface area contributed by atoms with Crippen molar-refractivity contribution in [1.29, 1.82) is 0 Å². The molecule has 64 valence electrons. The lowest BCUT2D eigenvalue weighted by Crippen LogP contribution is -2.09. The van der Waals surface area contributed by atoms with Crippen LogP contribution < -0.4 is 4.74 Å². The lowest BCUT2D eigenvalue weighted by atomic mass is 10.0. The Hall–Kier alpha value is -0.980. The van der Waals surface area contributed by atoms with E-state index in [0.29, 0.717) is 0 Å². The van der Waals surface area contributed by atoms with E-state index in [9.17, 15) is 0 Å². The van der Waals surface area contributed by atoms with E-state index in [1.165, 1.54) is 23.1 Å². The van der Waals surface area contributed by atoms with Gasteiger partial charge in [-0.25, -0.2) is 0 Å². The molecule has 1 aromatic rings. The molecule has 0 radical (unpaired) electrons. The molecule has 0 aromatic heterocycles. The number of fused-ring (bicyclic) bond motifs is 1. The number of rotatable bonds is 0. The van der Waals surface area contributed by atoms with E-state index < -0.39 is 0 Å². The predicted octanol–water partition coefficient (Wildman–Crippen LogP) is 2.63. The molecular formula is C11H14O. The number of ether oxygens (including phenoxy) is 1. The van der Waals surface area contributed by atoms with E-state index in [0.717, 1.165) is 18.8 Å². The average Bonchev–Trinajstić information content (AvgIpc) is 2.04. The first-order valence-corrected chi connectivity index (χ1v) is 4.50. The van der Waals surface area contributed by atoms with E-state index in [2.05, 4.69) is 26.0 Å². The van der Waals surface area contributed by atoms with Gasteiger partial charge in [-0.3, -0.25) is 0 Å². The fraction of sp³-hybridized carbons (Fsp3) is 0.455. The third-order valence-corrected chi connectivity index (χ3v) is 2.33. The minimum absolute atomic E-state index is 0.886. The maximum atomic E-state index is 5.61. The summed E-state index contributed by atoms with van der Waals surface area (Å²) in [6.45, 7) is 5.15. The zero-order valence-electron chi connectivity index (χ0n) is 7.68. The van der Waals surface area contributed by atoms with Crippen LogP contribution in [0.4, 0.5) is 0 Å². The first kappa shape index (κ1) is 7.66. The van der Waals surface area contributed by atoms with E-state index in [1.54, 1.807) is 0 Å². The Morgan fingerprint density at radius 2 is 2.08 bits per heavy atom. The number of benzene rings is 1. The molecule has 2 rings (SSSR count). The molecule has 1 heteroatoms. The summed E-state index contributed by atoms with van der Waals surface area (Å²) in [5.41, 5.74) is 4.01. The highest BCUT2D eigenvalue weighted by atomic mass is 16.5. The van der Waals surface area contributed by atoms with E-state index in [1.807, 2.05) is 0 Å². The topological polar surface area (TPSA) is 9.23 Å². The fourth-order valence-corrected chi connectivity index (χ4v) is 1.87. The molecule has 0 unspecified atom stereocenters. The largest absolute Gasteiger partial charge is 0.493 e. The highest BCUT2D eigenvalue weighted by Crippen LogP contribution is 2.29. The molecule has 0 atom stereocenters. The SMILES string of the molecule is Cc1cc(C)c2c(c1)CCCO2. The summed E-state index contributed by atoms with van der Waals surface area (Å²) >= 11 is 0. The highest BCUT2D eigenvalue weighted by Gasteiger charge is 2.12. The van der Waals surface area contributed by atoms with Gasteiger partial charge in [0.05, 0.1) is 6.61 Å². The van der Waals surface area contributed by atoms with Crippen LogP contribution in [0.2, 0.25) is 0 Å². The third-order valence-electron chi connectivity index (χ3n) is 2.33. The van der Waals surface area contributed by atoms with E-state index >= 15 is 0 Å². The van der Waals surface area contributed by atoms with Crippen LogP contribution in [-0.2, 0) is 6.42 Å². The second-order valence-electron chi connectivity index (χ2n) is 3.52. The van der Waals surface area contributed by atoms with E-state index in [4.69, 9.17) is 4.74 Å². The van der Waals surface area contributed by atoms with Crippen LogP contribution in [0.1, 0.15) is 23.1 Å². The van der Waals surface area contributed by atoms with Gasteiger partial charge in [-0.1, -0.05) is 17.7 Å². The monoisotopic (exact) mass is 162 g/mol. The predicted molar refractivity (Wildman–Crippen MR) is 49.7 cm³/mol. The van der Waals surface area contributed by atoms with Crippen molar-refractivity contribution in [3.8, 4) is 5.75 Å². The van der Waals surface area contributed by atoms with E-state index in [-0.39, 0.29) is 0 Å². The molecule has 0 fully saturated rings. The summed E-state index contributed by atoms with van der Waals surface area (Å²) in [5, 5.41) is 0. The third kappa shape index (κ3) is 1.20. The summed E-state index contributed by atoms with van der Waals surface area (Å²) in [4.78, 5) is 0. The molecular weight excluding hydrogens is 148 g/mol. The zero-order valence-corrected chi connectivity index (χ0v) is 7.68. The maximum Gasteiger partial charge on any atom is 0.125 e. The Balaban J connectivity index is 2.53. The first-order valence-electron chi connectivity index (χ1n) is 4.50. The van der Waals surface area contributed by atoms with Crippen molar-refractivity contribution < 1.29 is 4.74 Å². The number of hydrogen-bond donors (Lipinski definition) is 0. The molecule has 1 aliphatic heterocycles. The molecule has 0 N–H and O–H groups in total. The van der Waals surface area contributed by atoms with Crippen LogP contribution in [0.5, 0.6) is 5.75 Å². The Kier molecular flexibility index (Phi) is 1.80. The van der Waals surface area contributed by atoms with Gasteiger partial charge in [0.1, 0.15) is 5.75 Å². The Morgan fingerprint density at radius 3 is 2.92 bits per heavy atom.